The van der Waals surface area contributed by atoms with Crippen molar-refractivity contribution in [1.82, 2.24) is 14.0 Å². The van der Waals surface area contributed by atoms with Gasteiger partial charge in [-0.3, -0.25) is 4.57 Å². The largest absolute Gasteiger partial charge is 0.409 e. The molecular formula is C26H40N3O2PSi. The van der Waals surface area contributed by atoms with Crippen molar-refractivity contribution in [3.05, 3.63) is 71.8 Å². The van der Waals surface area contributed by atoms with E-state index >= 15 is 0 Å². The van der Waals surface area contributed by atoms with Crippen LogP contribution in [-0.4, -0.2) is 55.6 Å². The average molecular weight is 486 g/mol. The van der Waals surface area contributed by atoms with E-state index in [-0.39, 0.29) is 12.1 Å². The first-order valence-electron chi connectivity index (χ1n) is 12.2. The van der Waals surface area contributed by atoms with E-state index in [1.54, 1.807) is 0 Å². The second kappa shape index (κ2) is 9.77. The van der Waals surface area contributed by atoms with Gasteiger partial charge in [-0.15, -0.1) is 0 Å². The summed E-state index contributed by atoms with van der Waals surface area (Å²) in [7, 11) is 1.30. The van der Waals surface area contributed by atoms with E-state index in [9.17, 15) is 4.57 Å². The monoisotopic (exact) mass is 485 g/mol. The third-order valence-corrected chi connectivity index (χ3v) is 11.6. The van der Waals surface area contributed by atoms with Gasteiger partial charge < -0.3 is 4.43 Å². The van der Waals surface area contributed by atoms with E-state index in [4.69, 9.17) is 4.43 Å². The lowest BCUT2D eigenvalue weighted by Crippen LogP contribution is -2.39. The Bertz CT molecular complexity index is 947. The maximum absolute atomic E-state index is 15.0. The molecule has 1 saturated heterocycles. The number of nitrogens with zero attached hydrogens (tertiary/aromatic N) is 3. The lowest BCUT2D eigenvalue weighted by molar-refractivity contribution is 0.108. The van der Waals surface area contributed by atoms with Crippen LogP contribution < -0.4 is 0 Å². The van der Waals surface area contributed by atoms with Crippen molar-refractivity contribution in [2.75, 3.05) is 21.1 Å². The molecule has 0 amide bonds. The standard InChI is InChI=1S/C26H40N3O2PSi/c1-27-23-19-13-14-20-24(23)28(2)32(27,30)29(3)25(21-15-9-7-10-16-21)26(31-33(4,5)6)22-17-11-8-12-18-22/h7-12,15-18,23-26H,13-14,19-20H2,1-6H3. The Morgan fingerprint density at radius 2 is 1.33 bits per heavy atom. The molecule has 1 heterocycles. The number of benzene rings is 2. The predicted molar refractivity (Wildman–Crippen MR) is 140 cm³/mol. The van der Waals surface area contributed by atoms with Crippen LogP contribution in [0.2, 0.25) is 19.6 Å². The van der Waals surface area contributed by atoms with Crippen molar-refractivity contribution >= 4 is 15.9 Å². The number of rotatable bonds is 7. The summed E-state index contributed by atoms with van der Waals surface area (Å²) in [4.78, 5) is 0. The molecule has 2 aliphatic rings. The molecule has 2 fully saturated rings. The number of likely N-dealkylation sites (N-methyl/N-ethyl adjacent to an activating group) is 3. The summed E-state index contributed by atoms with van der Waals surface area (Å²) in [6, 6.07) is 21.5. The van der Waals surface area contributed by atoms with Gasteiger partial charge in [-0.1, -0.05) is 73.5 Å². The van der Waals surface area contributed by atoms with E-state index in [0.717, 1.165) is 24.0 Å². The van der Waals surface area contributed by atoms with Gasteiger partial charge in [0.05, 0.1) is 12.1 Å². The molecule has 180 valence electrons. The lowest BCUT2D eigenvalue weighted by Gasteiger charge is -2.43. The van der Waals surface area contributed by atoms with E-state index in [2.05, 4.69) is 96.3 Å². The van der Waals surface area contributed by atoms with Crippen LogP contribution in [0.1, 0.15) is 49.0 Å². The molecular weight excluding hydrogens is 445 g/mol. The van der Waals surface area contributed by atoms with Gasteiger partial charge in [-0.2, -0.15) is 0 Å². The Morgan fingerprint density at radius 1 is 0.879 bits per heavy atom. The minimum atomic E-state index is -2.97. The summed E-state index contributed by atoms with van der Waals surface area (Å²) in [5, 5.41) is 0. The molecule has 0 radical (unpaired) electrons. The van der Waals surface area contributed by atoms with Gasteiger partial charge in [0.2, 0.25) is 0 Å². The highest BCUT2D eigenvalue weighted by atomic mass is 31.2. The van der Waals surface area contributed by atoms with Crippen molar-refractivity contribution < 1.29 is 8.99 Å². The summed E-state index contributed by atoms with van der Waals surface area (Å²) < 4.78 is 28.4. The second-order valence-corrected chi connectivity index (χ2v) is 18.0. The van der Waals surface area contributed by atoms with Crippen molar-refractivity contribution in [2.45, 2.75) is 69.6 Å². The summed E-state index contributed by atoms with van der Waals surface area (Å²) in [6.45, 7) is 6.69. The molecule has 0 N–H and O–H groups in total. The van der Waals surface area contributed by atoms with Crippen LogP contribution >= 0.6 is 7.59 Å². The van der Waals surface area contributed by atoms with Gasteiger partial charge in [-0.25, -0.2) is 14.0 Å². The molecule has 4 unspecified atom stereocenters. The normalized spacial score (nSPS) is 28.6. The minimum Gasteiger partial charge on any atom is -0.409 e. The predicted octanol–water partition coefficient (Wildman–Crippen LogP) is 6.55. The zero-order chi connectivity index (χ0) is 23.8. The van der Waals surface area contributed by atoms with E-state index in [0.29, 0.717) is 12.1 Å². The molecule has 1 saturated carbocycles. The van der Waals surface area contributed by atoms with Crippen molar-refractivity contribution in [3.8, 4) is 0 Å². The van der Waals surface area contributed by atoms with Crippen LogP contribution in [0.25, 0.3) is 0 Å². The molecule has 7 heteroatoms. The molecule has 2 aromatic rings. The summed E-state index contributed by atoms with van der Waals surface area (Å²) >= 11 is 0. The Kier molecular flexibility index (Phi) is 7.35. The highest BCUT2D eigenvalue weighted by Crippen LogP contribution is 2.66. The van der Waals surface area contributed by atoms with Crippen LogP contribution in [0.5, 0.6) is 0 Å². The van der Waals surface area contributed by atoms with Crippen molar-refractivity contribution in [1.29, 1.82) is 0 Å². The van der Waals surface area contributed by atoms with Crippen LogP contribution in [0.3, 0.4) is 0 Å². The lowest BCUT2D eigenvalue weighted by atomic mass is 9.91. The first kappa shape index (κ1) is 24.8. The van der Waals surface area contributed by atoms with Crippen LogP contribution in [0.4, 0.5) is 0 Å². The molecule has 33 heavy (non-hydrogen) atoms. The quantitative estimate of drug-likeness (QED) is 0.328. The molecule has 0 bridgehead atoms. The minimum absolute atomic E-state index is 0.170. The fourth-order valence-electron chi connectivity index (χ4n) is 5.75. The molecule has 4 atom stereocenters. The van der Waals surface area contributed by atoms with E-state index < -0.39 is 15.9 Å². The highest BCUT2D eigenvalue weighted by Gasteiger charge is 2.56. The van der Waals surface area contributed by atoms with Gasteiger partial charge in [0, 0.05) is 12.1 Å². The van der Waals surface area contributed by atoms with Gasteiger partial charge >= 0.3 is 0 Å². The molecule has 0 spiro atoms. The fourth-order valence-corrected chi connectivity index (χ4v) is 10.0. The number of fused-ring (bicyclic) bond motifs is 1. The summed E-state index contributed by atoms with van der Waals surface area (Å²) in [5.41, 5.74) is 2.27. The van der Waals surface area contributed by atoms with Crippen LogP contribution in [0.15, 0.2) is 60.7 Å². The molecule has 2 aromatic carbocycles. The molecule has 4 rings (SSSR count). The average Bonchev–Trinajstić information content (AvgIpc) is 3.01. The summed E-state index contributed by atoms with van der Waals surface area (Å²) in [6.07, 6.45) is 4.47. The SMILES string of the molecule is CN1C2CCCCC2N(C)P1(=O)N(C)C(c1ccccc1)C(O[Si](C)(C)C)c1ccccc1. The van der Waals surface area contributed by atoms with Gasteiger partial charge in [0.15, 0.2) is 8.32 Å². The van der Waals surface area contributed by atoms with Crippen LogP contribution in [-0.2, 0) is 8.99 Å². The molecule has 0 aromatic heterocycles. The Morgan fingerprint density at radius 3 is 1.79 bits per heavy atom. The topological polar surface area (TPSA) is 36.0 Å². The van der Waals surface area contributed by atoms with E-state index in [1.165, 1.54) is 12.8 Å². The zero-order valence-electron chi connectivity index (χ0n) is 21.0. The Hall–Kier alpha value is -1.27. The second-order valence-electron chi connectivity index (χ2n) is 10.6. The first-order valence-corrected chi connectivity index (χ1v) is 17.2. The Balaban J connectivity index is 1.82. The van der Waals surface area contributed by atoms with Crippen molar-refractivity contribution in [3.63, 3.8) is 0 Å². The summed E-state index contributed by atoms with van der Waals surface area (Å²) in [5.74, 6) is 0. The van der Waals surface area contributed by atoms with Gasteiger partial charge in [0.1, 0.15) is 0 Å². The smallest absolute Gasteiger partial charge is 0.287 e. The van der Waals surface area contributed by atoms with Gasteiger partial charge in [0.25, 0.3) is 7.59 Å². The third-order valence-electron chi connectivity index (χ3n) is 7.33. The molecule has 1 aliphatic heterocycles. The van der Waals surface area contributed by atoms with Crippen molar-refractivity contribution in [2.24, 2.45) is 0 Å². The maximum atomic E-state index is 15.0. The molecule has 5 nitrogen and oxygen atoms in total. The number of hydrogen-bond donors (Lipinski definition) is 0. The fraction of sp³-hybridized carbons (Fsp3) is 0.538. The van der Waals surface area contributed by atoms with E-state index in [1.807, 2.05) is 19.2 Å². The van der Waals surface area contributed by atoms with Gasteiger partial charge in [-0.05, 0) is 64.8 Å². The molecule has 1 aliphatic carbocycles. The first-order chi connectivity index (χ1) is 15.6. The maximum Gasteiger partial charge on any atom is 0.287 e. The third kappa shape index (κ3) is 4.79. The number of hydrogen-bond acceptors (Lipinski definition) is 2. The zero-order valence-corrected chi connectivity index (χ0v) is 22.9. The van der Waals surface area contributed by atoms with Crippen LogP contribution in [0, 0.1) is 0 Å². The highest BCUT2D eigenvalue weighted by molar-refractivity contribution is 7.56. The Labute approximate surface area is 201 Å².